The molecule has 1 N–H and O–H groups in total. The molecule has 1 amide bonds. The lowest BCUT2D eigenvalue weighted by molar-refractivity contribution is -0.116. The summed E-state index contributed by atoms with van der Waals surface area (Å²) in [4.78, 5) is 17.4. The first-order valence-electron chi connectivity index (χ1n) is 11.4. The van der Waals surface area contributed by atoms with Gasteiger partial charge in [0.15, 0.2) is 5.65 Å². The fraction of sp³-hybridized carbons (Fsp3) is 0.458. The lowest BCUT2D eigenvalue weighted by Crippen LogP contribution is -2.39. The zero-order valence-corrected chi connectivity index (χ0v) is 20.4. The zero-order valence-electron chi connectivity index (χ0n) is 19.6. The largest absolute Gasteiger partial charge is 0.326 e. The molecule has 0 bridgehead atoms. The Labute approximate surface area is 195 Å². The minimum Gasteiger partial charge on any atom is -0.326 e. The second-order valence-corrected chi connectivity index (χ2v) is 10.9. The number of benzene rings is 1. The Morgan fingerprint density at radius 2 is 1.91 bits per heavy atom. The molecule has 3 heterocycles. The van der Waals surface area contributed by atoms with Crippen molar-refractivity contribution < 1.29 is 13.2 Å². The van der Waals surface area contributed by atoms with E-state index in [9.17, 15) is 13.2 Å². The Morgan fingerprint density at radius 3 is 2.61 bits per heavy atom. The summed E-state index contributed by atoms with van der Waals surface area (Å²) in [6, 6.07) is 8.36. The Kier molecular flexibility index (Phi) is 6.54. The summed E-state index contributed by atoms with van der Waals surface area (Å²) in [6.07, 6.45) is 2.78. The third-order valence-electron chi connectivity index (χ3n) is 6.28. The van der Waals surface area contributed by atoms with Crippen LogP contribution < -0.4 is 5.32 Å². The summed E-state index contributed by atoms with van der Waals surface area (Å²) < 4.78 is 29.2. The number of hydrogen-bond donors (Lipinski definition) is 1. The Balaban J connectivity index is 1.40. The van der Waals surface area contributed by atoms with E-state index in [4.69, 9.17) is 0 Å². The molecule has 1 aliphatic rings. The summed E-state index contributed by atoms with van der Waals surface area (Å²) in [6.45, 7) is 9.06. The summed E-state index contributed by atoms with van der Waals surface area (Å²) in [5, 5.41) is 7.34. The van der Waals surface area contributed by atoms with Crippen LogP contribution in [0.2, 0.25) is 0 Å². The highest BCUT2D eigenvalue weighted by Crippen LogP contribution is 2.24. The van der Waals surface area contributed by atoms with Crippen molar-refractivity contribution in [1.29, 1.82) is 0 Å². The number of sulfonamides is 1. The molecule has 9 heteroatoms. The maximum absolute atomic E-state index is 12.9. The van der Waals surface area contributed by atoms with E-state index in [2.05, 4.69) is 22.3 Å². The summed E-state index contributed by atoms with van der Waals surface area (Å²) >= 11 is 0. The van der Waals surface area contributed by atoms with Gasteiger partial charge in [0, 0.05) is 42.7 Å². The molecular weight excluding hydrogens is 438 g/mol. The number of rotatable bonds is 6. The SMILES string of the molecule is Cc1cc2nc(C)c(CCC(=O)Nc3ccc(S(=O)(=O)N4CCCC(C)C4)cc3)c(C)n2n1. The minimum atomic E-state index is -3.51. The minimum absolute atomic E-state index is 0.133. The van der Waals surface area contributed by atoms with Gasteiger partial charge in [0.25, 0.3) is 0 Å². The van der Waals surface area contributed by atoms with Gasteiger partial charge in [-0.15, -0.1) is 0 Å². The second kappa shape index (κ2) is 9.23. The number of anilines is 1. The molecule has 0 radical (unpaired) electrons. The van der Waals surface area contributed by atoms with Gasteiger partial charge in [-0.05, 0) is 75.8 Å². The number of hydrogen-bond acceptors (Lipinski definition) is 5. The normalized spacial score (nSPS) is 17.4. The van der Waals surface area contributed by atoms with Gasteiger partial charge in [-0.1, -0.05) is 6.92 Å². The van der Waals surface area contributed by atoms with Crippen molar-refractivity contribution in [3.8, 4) is 0 Å². The van der Waals surface area contributed by atoms with E-state index in [0.717, 1.165) is 41.1 Å². The number of nitrogens with one attached hydrogen (secondary N) is 1. The molecule has 8 nitrogen and oxygen atoms in total. The van der Waals surface area contributed by atoms with E-state index < -0.39 is 10.0 Å². The lowest BCUT2D eigenvalue weighted by Gasteiger charge is -2.30. The molecule has 1 saturated heterocycles. The van der Waals surface area contributed by atoms with Crippen molar-refractivity contribution >= 4 is 27.3 Å². The van der Waals surface area contributed by atoms with E-state index >= 15 is 0 Å². The number of piperidine rings is 1. The van der Waals surface area contributed by atoms with Crippen molar-refractivity contribution in [2.75, 3.05) is 18.4 Å². The van der Waals surface area contributed by atoms with Gasteiger partial charge in [0.1, 0.15) is 0 Å². The average molecular weight is 470 g/mol. The highest BCUT2D eigenvalue weighted by molar-refractivity contribution is 7.89. The molecule has 2 aromatic heterocycles. The van der Waals surface area contributed by atoms with Crippen LogP contribution in [0, 0.1) is 26.7 Å². The summed E-state index contributed by atoms with van der Waals surface area (Å²) in [7, 11) is -3.51. The fourth-order valence-corrected chi connectivity index (χ4v) is 6.09. The Morgan fingerprint density at radius 1 is 1.18 bits per heavy atom. The first-order chi connectivity index (χ1) is 15.6. The van der Waals surface area contributed by atoms with E-state index in [-0.39, 0.29) is 10.8 Å². The molecule has 1 aromatic carbocycles. The number of aromatic nitrogens is 3. The maximum atomic E-state index is 12.9. The molecule has 0 spiro atoms. The number of aryl methyl sites for hydroxylation is 3. The molecule has 176 valence electrons. The van der Waals surface area contributed by atoms with Crippen molar-refractivity contribution in [3.63, 3.8) is 0 Å². The molecule has 33 heavy (non-hydrogen) atoms. The van der Waals surface area contributed by atoms with Crippen LogP contribution in [-0.4, -0.2) is 46.3 Å². The second-order valence-electron chi connectivity index (χ2n) is 9.00. The molecule has 1 unspecified atom stereocenters. The smallest absolute Gasteiger partial charge is 0.243 e. The Bertz CT molecular complexity index is 1280. The van der Waals surface area contributed by atoms with Crippen molar-refractivity contribution in [1.82, 2.24) is 18.9 Å². The van der Waals surface area contributed by atoms with E-state index in [1.807, 2.05) is 31.4 Å². The summed E-state index contributed by atoms with van der Waals surface area (Å²) in [5.41, 5.74) is 5.19. The number of carbonyl (C=O) groups excluding carboxylic acids is 1. The molecular formula is C24H31N5O3S. The van der Waals surface area contributed by atoms with Gasteiger partial charge < -0.3 is 5.32 Å². The fourth-order valence-electron chi connectivity index (χ4n) is 4.49. The van der Waals surface area contributed by atoms with Crippen molar-refractivity contribution in [2.24, 2.45) is 5.92 Å². The van der Waals surface area contributed by atoms with Crippen LogP contribution in [0.5, 0.6) is 0 Å². The molecule has 0 aliphatic carbocycles. The van der Waals surface area contributed by atoms with Crippen molar-refractivity contribution in [3.05, 3.63) is 53.0 Å². The zero-order chi connectivity index (χ0) is 23.8. The third-order valence-corrected chi connectivity index (χ3v) is 8.16. The van der Waals surface area contributed by atoms with Crippen LogP contribution in [0.3, 0.4) is 0 Å². The Hall–Kier alpha value is -2.78. The number of nitrogens with zero attached hydrogens (tertiary/aromatic N) is 4. The molecule has 1 aliphatic heterocycles. The van der Waals surface area contributed by atoms with Crippen molar-refractivity contribution in [2.45, 2.75) is 58.3 Å². The van der Waals surface area contributed by atoms with Crippen LogP contribution in [0.25, 0.3) is 5.65 Å². The van der Waals surface area contributed by atoms with Gasteiger partial charge >= 0.3 is 0 Å². The van der Waals surface area contributed by atoms with E-state index in [1.165, 1.54) is 0 Å². The van der Waals surface area contributed by atoms with Gasteiger partial charge in [-0.2, -0.15) is 9.40 Å². The maximum Gasteiger partial charge on any atom is 0.243 e. The van der Waals surface area contributed by atoms with E-state index in [0.29, 0.717) is 37.5 Å². The highest BCUT2D eigenvalue weighted by Gasteiger charge is 2.28. The van der Waals surface area contributed by atoms with Crippen LogP contribution >= 0.6 is 0 Å². The quantitative estimate of drug-likeness (QED) is 0.594. The standard InChI is InChI=1S/C24H31N5O3S/c1-16-6-5-13-28(15-16)33(31,32)21-9-7-20(8-10-21)26-24(30)12-11-22-18(3)25-23-14-17(2)27-29(23)19(22)4/h7-10,14,16H,5-6,11-13,15H2,1-4H3,(H,26,30). The third kappa shape index (κ3) is 4.94. The topological polar surface area (TPSA) is 96.7 Å². The predicted octanol–water partition coefficient (Wildman–Crippen LogP) is 3.65. The van der Waals surface area contributed by atoms with Gasteiger partial charge in [-0.25, -0.2) is 17.9 Å². The molecule has 4 rings (SSSR count). The molecule has 3 aromatic rings. The van der Waals surface area contributed by atoms with Crippen LogP contribution in [0.15, 0.2) is 35.2 Å². The molecule has 0 saturated carbocycles. The van der Waals surface area contributed by atoms with Gasteiger partial charge in [0.2, 0.25) is 15.9 Å². The van der Waals surface area contributed by atoms with Crippen LogP contribution in [0.1, 0.15) is 48.8 Å². The highest BCUT2D eigenvalue weighted by atomic mass is 32.2. The number of amides is 1. The first kappa shape index (κ1) is 23.4. The van der Waals surface area contributed by atoms with Gasteiger partial charge in [-0.3, -0.25) is 4.79 Å². The lowest BCUT2D eigenvalue weighted by atomic mass is 10.0. The number of carbonyl (C=O) groups is 1. The van der Waals surface area contributed by atoms with Gasteiger partial charge in [0.05, 0.1) is 10.6 Å². The summed E-state index contributed by atoms with van der Waals surface area (Å²) in [5.74, 6) is 0.235. The van der Waals surface area contributed by atoms with Crippen LogP contribution in [-0.2, 0) is 21.2 Å². The molecule has 1 fully saturated rings. The number of fused-ring (bicyclic) bond motifs is 1. The van der Waals surface area contributed by atoms with Crippen LogP contribution in [0.4, 0.5) is 5.69 Å². The van der Waals surface area contributed by atoms with E-state index in [1.54, 1.807) is 28.6 Å². The predicted molar refractivity (Wildman–Crippen MR) is 128 cm³/mol. The molecule has 1 atom stereocenters. The first-order valence-corrected chi connectivity index (χ1v) is 12.8. The average Bonchev–Trinajstić information content (AvgIpc) is 3.14. The monoisotopic (exact) mass is 469 g/mol.